The molecule has 0 rings (SSSR count). The summed E-state index contributed by atoms with van der Waals surface area (Å²) >= 11 is 1.96. The van der Waals surface area contributed by atoms with Crippen molar-refractivity contribution in [2.24, 2.45) is 5.73 Å². The first-order valence-corrected chi connectivity index (χ1v) is 7.09. The van der Waals surface area contributed by atoms with E-state index < -0.39 is 0 Å². The molecular formula is C12H26N2OS. The number of nitrogens with one attached hydrogen (secondary N) is 1. The Hall–Kier alpha value is -0.0300. The summed E-state index contributed by atoms with van der Waals surface area (Å²) in [5.74, 6) is 2.36. The van der Waals surface area contributed by atoms with E-state index in [0.717, 1.165) is 25.1 Å². The minimum absolute atomic E-state index is 0.424. The quantitative estimate of drug-likeness (QED) is 0.430. The molecule has 0 spiro atoms. The van der Waals surface area contributed by atoms with E-state index >= 15 is 0 Å². The fourth-order valence-electron chi connectivity index (χ4n) is 1.25. The summed E-state index contributed by atoms with van der Waals surface area (Å²) in [6, 6.07) is 0.424. The van der Waals surface area contributed by atoms with Gasteiger partial charge in [0.15, 0.2) is 0 Å². The first kappa shape index (κ1) is 16.0. The largest absolute Gasteiger partial charge is 0.376 e. The predicted octanol–water partition coefficient (Wildman–Crippen LogP) is 1.64. The molecule has 0 aliphatic heterocycles. The van der Waals surface area contributed by atoms with Gasteiger partial charge < -0.3 is 15.8 Å². The second-order valence-electron chi connectivity index (χ2n) is 3.88. The standard InChI is InChI=1S/C12H26N2OS/c1-4-16-8-5-12(9-13)14-6-7-15-10-11(2)3/h12,14H,2,4-10,13H2,1,3H3. The maximum atomic E-state index is 5.69. The molecular weight excluding hydrogens is 220 g/mol. The lowest BCUT2D eigenvalue weighted by Crippen LogP contribution is -2.38. The van der Waals surface area contributed by atoms with Gasteiger partial charge in [0.25, 0.3) is 0 Å². The Bertz CT molecular complexity index is 176. The van der Waals surface area contributed by atoms with Crippen LogP contribution in [0.2, 0.25) is 0 Å². The second kappa shape index (κ2) is 11.5. The summed E-state index contributed by atoms with van der Waals surface area (Å²) in [6.07, 6.45) is 1.13. The third-order valence-electron chi connectivity index (χ3n) is 2.13. The minimum atomic E-state index is 0.424. The monoisotopic (exact) mass is 246 g/mol. The Kier molecular flexibility index (Phi) is 11.4. The molecule has 96 valence electrons. The van der Waals surface area contributed by atoms with Crippen molar-refractivity contribution in [2.75, 3.05) is 37.8 Å². The Labute approximate surface area is 104 Å². The molecule has 0 radical (unpaired) electrons. The van der Waals surface area contributed by atoms with Crippen LogP contribution < -0.4 is 11.1 Å². The van der Waals surface area contributed by atoms with Gasteiger partial charge in [0.1, 0.15) is 0 Å². The third-order valence-corrected chi connectivity index (χ3v) is 3.06. The molecule has 0 aromatic carbocycles. The van der Waals surface area contributed by atoms with Gasteiger partial charge in [0.2, 0.25) is 0 Å². The number of thioether (sulfide) groups is 1. The Morgan fingerprint density at radius 1 is 1.56 bits per heavy atom. The Morgan fingerprint density at radius 2 is 2.31 bits per heavy atom. The highest BCUT2D eigenvalue weighted by Crippen LogP contribution is 2.03. The van der Waals surface area contributed by atoms with E-state index in [9.17, 15) is 0 Å². The summed E-state index contributed by atoms with van der Waals surface area (Å²) < 4.78 is 5.41. The molecule has 0 aliphatic carbocycles. The molecule has 0 bridgehead atoms. The van der Waals surface area contributed by atoms with E-state index in [1.807, 2.05) is 18.7 Å². The van der Waals surface area contributed by atoms with E-state index in [4.69, 9.17) is 10.5 Å². The molecule has 3 N–H and O–H groups in total. The van der Waals surface area contributed by atoms with Gasteiger partial charge in [-0.05, 0) is 24.9 Å². The van der Waals surface area contributed by atoms with E-state index in [-0.39, 0.29) is 0 Å². The van der Waals surface area contributed by atoms with Crippen LogP contribution in [0.1, 0.15) is 20.3 Å². The van der Waals surface area contributed by atoms with E-state index in [2.05, 4.69) is 18.8 Å². The average molecular weight is 246 g/mol. The lowest BCUT2D eigenvalue weighted by Gasteiger charge is -2.16. The highest BCUT2D eigenvalue weighted by atomic mass is 32.2. The number of rotatable bonds is 11. The zero-order valence-electron chi connectivity index (χ0n) is 10.6. The van der Waals surface area contributed by atoms with E-state index in [0.29, 0.717) is 19.2 Å². The van der Waals surface area contributed by atoms with Crippen LogP contribution in [0, 0.1) is 0 Å². The third kappa shape index (κ3) is 10.5. The molecule has 0 amide bonds. The van der Waals surface area contributed by atoms with Crippen molar-refractivity contribution < 1.29 is 4.74 Å². The highest BCUT2D eigenvalue weighted by molar-refractivity contribution is 7.99. The van der Waals surface area contributed by atoms with Gasteiger partial charge in [-0.1, -0.05) is 19.1 Å². The lowest BCUT2D eigenvalue weighted by molar-refractivity contribution is 0.155. The van der Waals surface area contributed by atoms with Crippen molar-refractivity contribution in [3.8, 4) is 0 Å². The maximum absolute atomic E-state index is 5.69. The van der Waals surface area contributed by atoms with Gasteiger partial charge in [-0.15, -0.1) is 0 Å². The van der Waals surface area contributed by atoms with Crippen LogP contribution in [0.15, 0.2) is 12.2 Å². The van der Waals surface area contributed by atoms with Gasteiger partial charge in [-0.25, -0.2) is 0 Å². The van der Waals surface area contributed by atoms with Gasteiger partial charge in [0, 0.05) is 19.1 Å². The van der Waals surface area contributed by atoms with Gasteiger partial charge >= 0.3 is 0 Å². The van der Waals surface area contributed by atoms with Crippen LogP contribution >= 0.6 is 11.8 Å². The molecule has 3 nitrogen and oxygen atoms in total. The molecule has 1 unspecified atom stereocenters. The van der Waals surface area contributed by atoms with Crippen molar-refractivity contribution in [3.05, 3.63) is 12.2 Å². The summed E-state index contributed by atoms with van der Waals surface area (Å²) in [4.78, 5) is 0. The van der Waals surface area contributed by atoms with Crippen LogP contribution in [0.3, 0.4) is 0 Å². The van der Waals surface area contributed by atoms with E-state index in [1.54, 1.807) is 0 Å². The molecule has 0 aromatic rings. The summed E-state index contributed by atoms with van der Waals surface area (Å²) in [6.45, 7) is 10.9. The van der Waals surface area contributed by atoms with Crippen LogP contribution in [0.25, 0.3) is 0 Å². The lowest BCUT2D eigenvalue weighted by atomic mass is 10.2. The summed E-state index contributed by atoms with van der Waals surface area (Å²) in [7, 11) is 0. The van der Waals surface area contributed by atoms with Gasteiger partial charge in [-0.3, -0.25) is 0 Å². The van der Waals surface area contributed by atoms with Crippen LogP contribution in [-0.2, 0) is 4.74 Å². The first-order valence-electron chi connectivity index (χ1n) is 5.94. The predicted molar refractivity (Wildman–Crippen MR) is 74.1 cm³/mol. The van der Waals surface area contributed by atoms with Gasteiger partial charge in [0.05, 0.1) is 13.2 Å². The average Bonchev–Trinajstić information content (AvgIpc) is 2.26. The molecule has 1 atom stereocenters. The minimum Gasteiger partial charge on any atom is -0.376 e. The van der Waals surface area contributed by atoms with Crippen LogP contribution in [-0.4, -0.2) is 43.9 Å². The van der Waals surface area contributed by atoms with Crippen molar-refractivity contribution in [1.29, 1.82) is 0 Å². The molecule has 0 aliphatic rings. The zero-order chi connectivity index (χ0) is 12.2. The number of nitrogens with two attached hydrogens (primary N) is 1. The molecule has 0 fully saturated rings. The van der Waals surface area contributed by atoms with E-state index in [1.165, 1.54) is 11.5 Å². The van der Waals surface area contributed by atoms with Crippen molar-refractivity contribution in [3.63, 3.8) is 0 Å². The summed E-state index contributed by atoms with van der Waals surface area (Å²) in [5, 5.41) is 3.41. The summed E-state index contributed by atoms with van der Waals surface area (Å²) in [5.41, 5.74) is 6.76. The second-order valence-corrected chi connectivity index (χ2v) is 5.28. The van der Waals surface area contributed by atoms with Crippen molar-refractivity contribution >= 4 is 11.8 Å². The molecule has 0 saturated heterocycles. The Balaban J connectivity index is 3.36. The number of hydrogen-bond donors (Lipinski definition) is 2. The van der Waals surface area contributed by atoms with Crippen molar-refractivity contribution in [1.82, 2.24) is 5.32 Å². The fraction of sp³-hybridized carbons (Fsp3) is 0.833. The van der Waals surface area contributed by atoms with Crippen molar-refractivity contribution in [2.45, 2.75) is 26.3 Å². The van der Waals surface area contributed by atoms with Crippen LogP contribution in [0.4, 0.5) is 0 Å². The maximum Gasteiger partial charge on any atom is 0.0672 e. The molecule has 0 heterocycles. The molecule has 0 aromatic heterocycles. The number of hydrogen-bond acceptors (Lipinski definition) is 4. The highest BCUT2D eigenvalue weighted by Gasteiger charge is 2.04. The topological polar surface area (TPSA) is 47.3 Å². The van der Waals surface area contributed by atoms with Gasteiger partial charge in [-0.2, -0.15) is 11.8 Å². The first-order chi connectivity index (χ1) is 7.70. The zero-order valence-corrected chi connectivity index (χ0v) is 11.4. The number of ether oxygens (including phenoxy) is 1. The Morgan fingerprint density at radius 3 is 2.88 bits per heavy atom. The normalized spacial score (nSPS) is 12.7. The molecule has 16 heavy (non-hydrogen) atoms. The fourth-order valence-corrected chi connectivity index (χ4v) is 1.99. The molecule has 4 heteroatoms. The smallest absolute Gasteiger partial charge is 0.0672 e. The molecule has 0 saturated carbocycles. The van der Waals surface area contributed by atoms with Crippen LogP contribution in [0.5, 0.6) is 0 Å². The SMILES string of the molecule is C=C(C)COCCNC(CN)CCSCC.